The van der Waals surface area contributed by atoms with Crippen LogP contribution in [0.4, 0.5) is 11.4 Å². The van der Waals surface area contributed by atoms with Crippen molar-refractivity contribution in [2.75, 3.05) is 44.5 Å². The normalized spacial score (nSPS) is 15.6. The number of nitrogens with two attached hydrogens (primary N) is 1. The molecule has 1 fully saturated rings. The first kappa shape index (κ1) is 18.6. The van der Waals surface area contributed by atoms with E-state index >= 15 is 0 Å². The zero-order valence-electron chi connectivity index (χ0n) is 14.1. The quantitative estimate of drug-likeness (QED) is 0.742. The van der Waals surface area contributed by atoms with Crippen LogP contribution in [-0.2, 0) is 14.8 Å². The lowest BCUT2D eigenvalue weighted by Gasteiger charge is -2.26. The largest absolute Gasteiger partial charge is 0.495 e. The SMILES string of the molecule is COc1ccc(NC(=O)c2sccc2S(=O)(=O)N2CCOCC2)cc1N. The van der Waals surface area contributed by atoms with Crippen molar-refractivity contribution in [3.63, 3.8) is 0 Å². The molecule has 1 aliphatic heterocycles. The van der Waals surface area contributed by atoms with Crippen molar-refractivity contribution in [3.05, 3.63) is 34.5 Å². The van der Waals surface area contributed by atoms with Gasteiger partial charge in [0.25, 0.3) is 5.91 Å². The highest BCUT2D eigenvalue weighted by atomic mass is 32.2. The predicted octanol–water partition coefficient (Wildman–Crippen LogP) is 1.61. The minimum atomic E-state index is -3.75. The predicted molar refractivity (Wildman–Crippen MR) is 99.3 cm³/mol. The molecule has 26 heavy (non-hydrogen) atoms. The number of nitrogen functional groups attached to an aromatic ring is 1. The summed E-state index contributed by atoms with van der Waals surface area (Å²) >= 11 is 1.07. The van der Waals surface area contributed by atoms with E-state index in [0.717, 1.165) is 11.3 Å². The summed E-state index contributed by atoms with van der Waals surface area (Å²) in [5, 5.41) is 4.27. The zero-order valence-corrected chi connectivity index (χ0v) is 15.7. The number of amides is 1. The van der Waals surface area contributed by atoms with Gasteiger partial charge in [-0.25, -0.2) is 8.42 Å². The average Bonchev–Trinajstić information content (AvgIpc) is 3.13. The standard InChI is InChI=1S/C16H19N3O5S2/c1-23-13-3-2-11(10-12(13)17)18-16(20)15-14(4-9-25-15)26(21,22)19-5-7-24-8-6-19/h2-4,9-10H,5-8,17H2,1H3,(H,18,20). The minimum absolute atomic E-state index is 0.00313. The molecular formula is C16H19N3O5S2. The highest BCUT2D eigenvalue weighted by molar-refractivity contribution is 7.89. The van der Waals surface area contributed by atoms with Crippen LogP contribution in [0, 0.1) is 0 Å². The molecule has 3 N–H and O–H groups in total. The molecular weight excluding hydrogens is 378 g/mol. The number of sulfonamides is 1. The molecule has 140 valence electrons. The van der Waals surface area contributed by atoms with E-state index < -0.39 is 15.9 Å². The number of carbonyl (C=O) groups excluding carboxylic acids is 1. The lowest BCUT2D eigenvalue weighted by Crippen LogP contribution is -2.41. The topological polar surface area (TPSA) is 111 Å². The van der Waals surface area contributed by atoms with Gasteiger partial charge in [0.1, 0.15) is 15.5 Å². The fourth-order valence-corrected chi connectivity index (χ4v) is 5.30. The van der Waals surface area contributed by atoms with Crippen molar-refractivity contribution in [2.45, 2.75) is 4.90 Å². The number of hydrogen-bond acceptors (Lipinski definition) is 7. The summed E-state index contributed by atoms with van der Waals surface area (Å²) in [7, 11) is -2.25. The number of anilines is 2. The molecule has 3 rings (SSSR count). The molecule has 0 unspecified atom stereocenters. The summed E-state index contributed by atoms with van der Waals surface area (Å²) in [6.45, 7) is 1.23. The Hall–Kier alpha value is -2.14. The fraction of sp³-hybridized carbons (Fsp3) is 0.312. The molecule has 0 atom stereocenters. The summed E-state index contributed by atoms with van der Waals surface area (Å²) in [5.41, 5.74) is 6.66. The molecule has 1 aromatic carbocycles. The summed E-state index contributed by atoms with van der Waals surface area (Å²) in [4.78, 5) is 12.7. The molecule has 1 aromatic heterocycles. The molecule has 1 aliphatic rings. The minimum Gasteiger partial charge on any atom is -0.495 e. The monoisotopic (exact) mass is 397 g/mol. The molecule has 0 bridgehead atoms. The first-order valence-electron chi connectivity index (χ1n) is 7.83. The van der Waals surface area contributed by atoms with Crippen molar-refractivity contribution < 1.29 is 22.7 Å². The smallest absolute Gasteiger partial charge is 0.267 e. The van der Waals surface area contributed by atoms with Crippen molar-refractivity contribution >= 4 is 38.6 Å². The van der Waals surface area contributed by atoms with E-state index in [4.69, 9.17) is 15.2 Å². The van der Waals surface area contributed by atoms with Gasteiger partial charge in [0, 0.05) is 18.8 Å². The molecule has 2 aromatic rings. The van der Waals surface area contributed by atoms with Crippen LogP contribution in [0.15, 0.2) is 34.5 Å². The van der Waals surface area contributed by atoms with Gasteiger partial charge in [0.15, 0.2) is 0 Å². The van der Waals surface area contributed by atoms with Crippen molar-refractivity contribution in [2.24, 2.45) is 0 Å². The Morgan fingerprint density at radius 3 is 2.69 bits per heavy atom. The molecule has 0 saturated carbocycles. The third kappa shape index (κ3) is 3.68. The van der Waals surface area contributed by atoms with Crippen LogP contribution >= 0.6 is 11.3 Å². The van der Waals surface area contributed by atoms with Gasteiger partial charge in [0.2, 0.25) is 10.0 Å². The van der Waals surface area contributed by atoms with Gasteiger partial charge in [-0.3, -0.25) is 4.79 Å². The highest BCUT2D eigenvalue weighted by Crippen LogP contribution is 2.28. The van der Waals surface area contributed by atoms with Crippen LogP contribution in [0.1, 0.15) is 9.67 Å². The second kappa shape index (κ2) is 7.62. The Morgan fingerprint density at radius 1 is 1.31 bits per heavy atom. The van der Waals surface area contributed by atoms with E-state index in [0.29, 0.717) is 30.3 Å². The summed E-state index contributed by atoms with van der Waals surface area (Å²) in [6, 6.07) is 6.27. The van der Waals surface area contributed by atoms with Crippen LogP contribution in [0.5, 0.6) is 5.75 Å². The third-order valence-corrected chi connectivity index (χ3v) is 6.89. The average molecular weight is 397 g/mol. The van der Waals surface area contributed by atoms with Gasteiger partial charge in [-0.05, 0) is 29.6 Å². The lowest BCUT2D eigenvalue weighted by atomic mass is 10.2. The molecule has 1 saturated heterocycles. The van der Waals surface area contributed by atoms with Gasteiger partial charge >= 0.3 is 0 Å². The number of morpholine rings is 1. The number of thiophene rings is 1. The van der Waals surface area contributed by atoms with Crippen LogP contribution in [0.25, 0.3) is 0 Å². The van der Waals surface area contributed by atoms with Crippen LogP contribution in [-0.4, -0.2) is 52.0 Å². The van der Waals surface area contributed by atoms with E-state index in [2.05, 4.69) is 5.32 Å². The third-order valence-electron chi connectivity index (χ3n) is 3.91. The Kier molecular flexibility index (Phi) is 5.47. The molecule has 0 spiro atoms. The number of methoxy groups -OCH3 is 1. The van der Waals surface area contributed by atoms with Gasteiger partial charge < -0.3 is 20.5 Å². The molecule has 10 heteroatoms. The van der Waals surface area contributed by atoms with Crippen molar-refractivity contribution in [3.8, 4) is 5.75 Å². The second-order valence-electron chi connectivity index (χ2n) is 5.54. The van der Waals surface area contributed by atoms with Gasteiger partial charge in [-0.2, -0.15) is 4.31 Å². The maximum Gasteiger partial charge on any atom is 0.267 e. The molecule has 1 amide bonds. The number of hydrogen-bond donors (Lipinski definition) is 2. The molecule has 8 nitrogen and oxygen atoms in total. The number of nitrogens with zero attached hydrogens (tertiary/aromatic N) is 1. The van der Waals surface area contributed by atoms with Gasteiger partial charge in [0.05, 0.1) is 26.0 Å². The summed E-state index contributed by atoms with van der Waals surface area (Å²) in [5.74, 6) is -0.00823. The number of rotatable bonds is 5. The van der Waals surface area contributed by atoms with Gasteiger partial charge in [-0.15, -0.1) is 11.3 Å². The van der Waals surface area contributed by atoms with E-state index in [1.165, 1.54) is 17.5 Å². The summed E-state index contributed by atoms with van der Waals surface area (Å²) in [6.07, 6.45) is 0. The Labute approximate surface area is 155 Å². The first-order chi connectivity index (χ1) is 12.4. The van der Waals surface area contributed by atoms with Crippen LogP contribution in [0.3, 0.4) is 0 Å². The van der Waals surface area contributed by atoms with Crippen LogP contribution in [0.2, 0.25) is 0 Å². The maximum absolute atomic E-state index is 12.8. The van der Waals surface area contributed by atoms with Crippen LogP contribution < -0.4 is 15.8 Å². The number of carbonyl (C=O) groups is 1. The zero-order chi connectivity index (χ0) is 18.7. The molecule has 0 radical (unpaired) electrons. The van der Waals surface area contributed by atoms with E-state index in [1.54, 1.807) is 23.6 Å². The van der Waals surface area contributed by atoms with Crippen molar-refractivity contribution in [1.29, 1.82) is 0 Å². The first-order valence-corrected chi connectivity index (χ1v) is 10.2. The van der Waals surface area contributed by atoms with Crippen molar-refractivity contribution in [1.82, 2.24) is 4.31 Å². The Balaban J connectivity index is 1.83. The second-order valence-corrected chi connectivity index (χ2v) is 8.36. The highest BCUT2D eigenvalue weighted by Gasteiger charge is 2.31. The van der Waals surface area contributed by atoms with E-state index in [-0.39, 0.29) is 22.9 Å². The molecule has 0 aliphatic carbocycles. The Morgan fingerprint density at radius 2 is 2.04 bits per heavy atom. The summed E-state index contributed by atoms with van der Waals surface area (Å²) < 4.78 is 37.3. The van der Waals surface area contributed by atoms with E-state index in [1.807, 2.05) is 0 Å². The molecule has 2 heterocycles. The van der Waals surface area contributed by atoms with Gasteiger partial charge in [-0.1, -0.05) is 0 Å². The number of benzene rings is 1. The fourth-order valence-electron chi connectivity index (χ4n) is 2.59. The number of nitrogens with one attached hydrogen (secondary N) is 1. The lowest BCUT2D eigenvalue weighted by molar-refractivity contribution is 0.0730. The number of ether oxygens (including phenoxy) is 2. The maximum atomic E-state index is 12.8. The van der Waals surface area contributed by atoms with E-state index in [9.17, 15) is 13.2 Å². The Bertz CT molecular complexity index is 904.